The summed E-state index contributed by atoms with van der Waals surface area (Å²) in [6, 6.07) is 4.55. The van der Waals surface area contributed by atoms with Crippen LogP contribution in [0.25, 0.3) is 0 Å². The fourth-order valence-corrected chi connectivity index (χ4v) is 2.65. The van der Waals surface area contributed by atoms with Crippen LogP contribution in [0.2, 0.25) is 0 Å². The Morgan fingerprint density at radius 1 is 1.16 bits per heavy atom. The fourth-order valence-electron chi connectivity index (χ4n) is 2.65. The zero-order valence-electron chi connectivity index (χ0n) is 13.7. The van der Waals surface area contributed by atoms with Gasteiger partial charge in [-0.1, -0.05) is 18.9 Å². The fraction of sp³-hybridized carbons (Fsp3) is 0.529. The first-order valence-corrected chi connectivity index (χ1v) is 8.21. The largest absolute Gasteiger partial charge is 0.484 e. The van der Waals surface area contributed by atoms with Crippen molar-refractivity contribution in [1.29, 1.82) is 0 Å². The number of rotatable bonds is 7. The molecule has 1 fully saturated rings. The van der Waals surface area contributed by atoms with E-state index in [0.717, 1.165) is 37.8 Å². The maximum Gasteiger partial charge on any atom is 0.416 e. The van der Waals surface area contributed by atoms with E-state index in [1.165, 1.54) is 12.1 Å². The molecule has 0 bridgehead atoms. The number of hydrogen-bond acceptors (Lipinski definition) is 3. The van der Waals surface area contributed by atoms with Gasteiger partial charge in [0, 0.05) is 19.0 Å². The Morgan fingerprint density at radius 2 is 1.88 bits per heavy atom. The monoisotopic (exact) mass is 358 g/mol. The number of hydrogen-bond donors (Lipinski definition) is 2. The van der Waals surface area contributed by atoms with E-state index in [1.54, 1.807) is 0 Å². The summed E-state index contributed by atoms with van der Waals surface area (Å²) in [7, 11) is 0. The molecule has 138 valence electrons. The van der Waals surface area contributed by atoms with E-state index < -0.39 is 24.3 Å². The lowest BCUT2D eigenvalue weighted by atomic mass is 10.2. The van der Waals surface area contributed by atoms with Gasteiger partial charge in [-0.25, -0.2) is 0 Å². The lowest BCUT2D eigenvalue weighted by Gasteiger charge is -2.12. The summed E-state index contributed by atoms with van der Waals surface area (Å²) < 4.78 is 42.8. The first-order chi connectivity index (χ1) is 11.8. The highest BCUT2D eigenvalue weighted by Crippen LogP contribution is 2.31. The van der Waals surface area contributed by atoms with Gasteiger partial charge in [-0.15, -0.1) is 0 Å². The minimum Gasteiger partial charge on any atom is -0.484 e. The number of carbonyl (C=O) groups is 2. The van der Waals surface area contributed by atoms with Gasteiger partial charge in [0.15, 0.2) is 6.61 Å². The summed E-state index contributed by atoms with van der Waals surface area (Å²) in [6.45, 7) is -0.255. The molecular weight excluding hydrogens is 337 g/mol. The van der Waals surface area contributed by atoms with Gasteiger partial charge < -0.3 is 15.4 Å². The van der Waals surface area contributed by atoms with Gasteiger partial charge in [0.05, 0.1) is 5.56 Å². The van der Waals surface area contributed by atoms with Crippen LogP contribution in [0, 0.1) is 0 Å². The number of alkyl halides is 3. The molecule has 1 aromatic rings. The topological polar surface area (TPSA) is 67.4 Å². The van der Waals surface area contributed by atoms with Crippen molar-refractivity contribution in [2.24, 2.45) is 0 Å². The lowest BCUT2D eigenvalue weighted by Crippen LogP contribution is -2.36. The van der Waals surface area contributed by atoms with Gasteiger partial charge in [-0.05, 0) is 31.0 Å². The summed E-state index contributed by atoms with van der Waals surface area (Å²) in [4.78, 5) is 23.3. The second-order valence-electron chi connectivity index (χ2n) is 5.96. The molecule has 8 heteroatoms. The van der Waals surface area contributed by atoms with Crippen LogP contribution in [0.1, 0.15) is 37.7 Å². The number of nitrogens with one attached hydrogen (secondary N) is 2. The Labute approximate surface area is 143 Å². The van der Waals surface area contributed by atoms with E-state index in [1.807, 2.05) is 0 Å². The molecule has 0 heterocycles. The summed E-state index contributed by atoms with van der Waals surface area (Å²) in [6.07, 6.45) is -0.0882. The molecule has 2 amide bonds. The molecule has 0 aliphatic heterocycles. The second-order valence-corrected chi connectivity index (χ2v) is 5.96. The predicted molar refractivity (Wildman–Crippen MR) is 85.0 cm³/mol. The Kier molecular flexibility index (Phi) is 6.66. The Balaban J connectivity index is 1.66. The van der Waals surface area contributed by atoms with Gasteiger partial charge in [-0.2, -0.15) is 13.2 Å². The highest BCUT2D eigenvalue weighted by Gasteiger charge is 2.30. The van der Waals surface area contributed by atoms with Gasteiger partial charge in [0.25, 0.3) is 5.91 Å². The number of halogens is 3. The zero-order valence-corrected chi connectivity index (χ0v) is 13.7. The first-order valence-electron chi connectivity index (χ1n) is 8.21. The Hall–Kier alpha value is -2.25. The molecule has 0 spiro atoms. The Bertz CT molecular complexity index is 599. The van der Waals surface area contributed by atoms with Crippen molar-refractivity contribution >= 4 is 11.8 Å². The highest BCUT2D eigenvalue weighted by atomic mass is 19.4. The third kappa shape index (κ3) is 6.64. The molecule has 2 rings (SSSR count). The lowest BCUT2D eigenvalue weighted by molar-refractivity contribution is -0.137. The van der Waals surface area contributed by atoms with Gasteiger partial charge >= 0.3 is 6.18 Å². The number of benzene rings is 1. The SMILES string of the molecule is O=C(COc1cccc(C(F)(F)F)c1)NCCC(=O)NC1CCCC1. The molecule has 5 nitrogen and oxygen atoms in total. The minimum atomic E-state index is -4.46. The third-order valence-electron chi connectivity index (χ3n) is 3.93. The van der Waals surface area contributed by atoms with Crippen LogP contribution in [-0.4, -0.2) is 31.0 Å². The highest BCUT2D eigenvalue weighted by molar-refractivity contribution is 5.79. The van der Waals surface area contributed by atoms with E-state index in [-0.39, 0.29) is 30.7 Å². The molecule has 0 aromatic heterocycles. The van der Waals surface area contributed by atoms with E-state index in [4.69, 9.17) is 4.74 Å². The second kappa shape index (κ2) is 8.73. The first kappa shape index (κ1) is 19.1. The van der Waals surface area contributed by atoms with Crippen LogP contribution in [-0.2, 0) is 15.8 Å². The minimum absolute atomic E-state index is 0.0380. The van der Waals surface area contributed by atoms with Crippen molar-refractivity contribution in [3.63, 3.8) is 0 Å². The van der Waals surface area contributed by atoms with Gasteiger partial charge in [0.2, 0.25) is 5.91 Å². The van der Waals surface area contributed by atoms with Crippen LogP contribution in [0.15, 0.2) is 24.3 Å². The molecule has 25 heavy (non-hydrogen) atoms. The van der Waals surface area contributed by atoms with E-state index >= 15 is 0 Å². The average Bonchev–Trinajstić information content (AvgIpc) is 3.05. The predicted octanol–water partition coefficient (Wildman–Crippen LogP) is 2.65. The molecule has 0 atom stereocenters. The molecular formula is C17H21F3N2O3. The van der Waals surface area contributed by atoms with Crippen molar-refractivity contribution in [3.8, 4) is 5.75 Å². The van der Waals surface area contributed by atoms with Crippen molar-refractivity contribution in [2.45, 2.75) is 44.3 Å². The summed E-state index contributed by atoms with van der Waals surface area (Å²) in [5.74, 6) is -0.652. The Morgan fingerprint density at radius 3 is 2.56 bits per heavy atom. The summed E-state index contributed by atoms with van der Waals surface area (Å²) in [5.41, 5.74) is -0.839. The molecule has 1 aromatic carbocycles. The molecule has 1 aliphatic carbocycles. The molecule has 0 saturated heterocycles. The standard InChI is InChI=1S/C17H21F3N2O3/c18-17(19,20)12-4-3-7-14(10-12)25-11-16(24)21-9-8-15(23)22-13-5-1-2-6-13/h3-4,7,10,13H,1-2,5-6,8-9,11H2,(H,21,24)(H,22,23). The van der Waals surface area contributed by atoms with Crippen molar-refractivity contribution < 1.29 is 27.5 Å². The van der Waals surface area contributed by atoms with Crippen LogP contribution >= 0.6 is 0 Å². The summed E-state index contributed by atoms with van der Waals surface area (Å²) >= 11 is 0. The molecule has 1 aliphatic rings. The van der Waals surface area contributed by atoms with Crippen molar-refractivity contribution in [3.05, 3.63) is 29.8 Å². The smallest absolute Gasteiger partial charge is 0.416 e. The molecule has 0 radical (unpaired) electrons. The molecule has 2 N–H and O–H groups in total. The average molecular weight is 358 g/mol. The van der Waals surface area contributed by atoms with E-state index in [0.29, 0.717) is 0 Å². The van der Waals surface area contributed by atoms with E-state index in [9.17, 15) is 22.8 Å². The van der Waals surface area contributed by atoms with Crippen molar-refractivity contribution in [1.82, 2.24) is 10.6 Å². The normalized spacial score (nSPS) is 15.0. The van der Waals surface area contributed by atoms with Crippen LogP contribution in [0.5, 0.6) is 5.75 Å². The molecule has 0 unspecified atom stereocenters. The zero-order chi connectivity index (χ0) is 18.3. The van der Waals surface area contributed by atoms with Crippen LogP contribution < -0.4 is 15.4 Å². The van der Waals surface area contributed by atoms with Crippen LogP contribution in [0.4, 0.5) is 13.2 Å². The third-order valence-corrected chi connectivity index (χ3v) is 3.93. The maximum absolute atomic E-state index is 12.6. The van der Waals surface area contributed by atoms with Gasteiger partial charge in [-0.3, -0.25) is 9.59 Å². The quantitative estimate of drug-likeness (QED) is 0.787. The number of amides is 2. The number of ether oxygens (including phenoxy) is 1. The maximum atomic E-state index is 12.6. The van der Waals surface area contributed by atoms with E-state index in [2.05, 4.69) is 10.6 Å². The van der Waals surface area contributed by atoms with Crippen molar-refractivity contribution in [2.75, 3.05) is 13.2 Å². The van der Waals surface area contributed by atoms with Gasteiger partial charge in [0.1, 0.15) is 5.75 Å². The summed E-state index contributed by atoms with van der Waals surface area (Å²) in [5, 5.41) is 5.41. The number of carbonyl (C=O) groups excluding carboxylic acids is 2. The molecule has 1 saturated carbocycles. The van der Waals surface area contributed by atoms with Crippen LogP contribution in [0.3, 0.4) is 0 Å².